The number of benzene rings is 1. The molecule has 0 radical (unpaired) electrons. The summed E-state index contributed by atoms with van der Waals surface area (Å²) in [6.45, 7) is 6.60. The summed E-state index contributed by atoms with van der Waals surface area (Å²) in [4.78, 5) is 15.8. The van der Waals surface area contributed by atoms with Gasteiger partial charge in [-0.15, -0.1) is 0 Å². The molecule has 4 aliphatic carbocycles. The molecule has 1 aromatic carbocycles. The standard InChI is InChI=1S/C26H38N2O3/c1-17(2)28-8-6-22(7-9-28)31-24-13-21(4-5-23(24)30-3)25(29)27-26-14-18-10-19(15-26)12-20(11-18)16-26/h4-5,13,17-20,22H,6-12,14-16H2,1-3H3,(H,27,29). The summed E-state index contributed by atoms with van der Waals surface area (Å²) < 4.78 is 11.9. The second-order valence-corrected chi connectivity index (χ2v) is 11.0. The van der Waals surface area contributed by atoms with Crippen molar-refractivity contribution in [2.24, 2.45) is 17.8 Å². The Morgan fingerprint density at radius 1 is 1.03 bits per heavy atom. The summed E-state index contributed by atoms with van der Waals surface area (Å²) in [6.07, 6.45) is 9.82. The van der Waals surface area contributed by atoms with Gasteiger partial charge in [-0.1, -0.05) is 0 Å². The highest BCUT2D eigenvalue weighted by Gasteiger charge is 2.51. The van der Waals surface area contributed by atoms with Crippen molar-refractivity contribution < 1.29 is 14.3 Å². The minimum Gasteiger partial charge on any atom is -0.493 e. The number of nitrogens with zero attached hydrogens (tertiary/aromatic N) is 1. The number of hydrogen-bond donors (Lipinski definition) is 1. The second kappa shape index (κ2) is 8.31. The molecule has 0 aromatic heterocycles. The van der Waals surface area contributed by atoms with Crippen molar-refractivity contribution >= 4 is 5.91 Å². The Hall–Kier alpha value is -1.75. The number of hydrogen-bond acceptors (Lipinski definition) is 4. The van der Waals surface area contributed by atoms with Crippen molar-refractivity contribution in [3.8, 4) is 11.5 Å². The first kappa shape index (κ1) is 21.1. The first-order valence-electron chi connectivity index (χ1n) is 12.3. The van der Waals surface area contributed by atoms with Crippen LogP contribution in [0.5, 0.6) is 11.5 Å². The Balaban J connectivity index is 1.27. The molecule has 0 spiro atoms. The summed E-state index contributed by atoms with van der Waals surface area (Å²) >= 11 is 0. The molecule has 31 heavy (non-hydrogen) atoms. The van der Waals surface area contributed by atoms with Gasteiger partial charge in [0.1, 0.15) is 6.10 Å². The average molecular weight is 427 g/mol. The number of likely N-dealkylation sites (tertiary alicyclic amines) is 1. The molecule has 1 amide bonds. The van der Waals surface area contributed by atoms with Crippen LogP contribution in [0.2, 0.25) is 0 Å². The van der Waals surface area contributed by atoms with Gasteiger partial charge in [-0.2, -0.15) is 0 Å². The van der Waals surface area contributed by atoms with E-state index in [4.69, 9.17) is 9.47 Å². The molecular weight excluding hydrogens is 388 g/mol. The van der Waals surface area contributed by atoms with E-state index < -0.39 is 0 Å². The summed E-state index contributed by atoms with van der Waals surface area (Å²) in [5.41, 5.74) is 0.711. The lowest BCUT2D eigenvalue weighted by atomic mass is 9.53. The van der Waals surface area contributed by atoms with E-state index in [0.717, 1.165) is 43.7 Å². The Kier molecular flexibility index (Phi) is 5.66. The number of piperidine rings is 1. The van der Waals surface area contributed by atoms with Crippen LogP contribution < -0.4 is 14.8 Å². The highest BCUT2D eigenvalue weighted by Crippen LogP contribution is 2.55. The van der Waals surface area contributed by atoms with Crippen molar-refractivity contribution in [3.05, 3.63) is 23.8 Å². The largest absolute Gasteiger partial charge is 0.493 e. The van der Waals surface area contributed by atoms with Gasteiger partial charge < -0.3 is 19.7 Å². The van der Waals surface area contributed by atoms with Crippen molar-refractivity contribution in [1.82, 2.24) is 10.2 Å². The van der Waals surface area contributed by atoms with E-state index in [9.17, 15) is 4.79 Å². The summed E-state index contributed by atoms with van der Waals surface area (Å²) in [6, 6.07) is 6.23. The number of nitrogens with one attached hydrogen (secondary N) is 1. The number of rotatable bonds is 6. The average Bonchev–Trinajstić information content (AvgIpc) is 2.72. The molecule has 5 aliphatic rings. The summed E-state index contributed by atoms with van der Waals surface area (Å²) in [5, 5.41) is 3.49. The van der Waals surface area contributed by atoms with Crippen LogP contribution in [-0.4, -0.2) is 48.7 Å². The smallest absolute Gasteiger partial charge is 0.251 e. The molecule has 6 rings (SSSR count). The SMILES string of the molecule is COc1ccc(C(=O)NC23CC4CC(CC(C4)C2)C3)cc1OC1CCN(C(C)C)CC1. The number of carbonyl (C=O) groups is 1. The predicted molar refractivity (Wildman–Crippen MR) is 122 cm³/mol. The molecule has 5 heteroatoms. The molecule has 1 aromatic rings. The highest BCUT2D eigenvalue weighted by atomic mass is 16.5. The summed E-state index contributed by atoms with van der Waals surface area (Å²) in [5.74, 6) is 3.90. The van der Waals surface area contributed by atoms with Crippen LogP contribution in [0.25, 0.3) is 0 Å². The molecule has 1 N–H and O–H groups in total. The van der Waals surface area contributed by atoms with Crippen molar-refractivity contribution in [2.75, 3.05) is 20.2 Å². The second-order valence-electron chi connectivity index (χ2n) is 11.0. The van der Waals surface area contributed by atoms with E-state index in [-0.39, 0.29) is 17.6 Å². The normalized spacial score (nSPS) is 33.0. The summed E-state index contributed by atoms with van der Waals surface area (Å²) in [7, 11) is 1.67. The lowest BCUT2D eigenvalue weighted by molar-refractivity contribution is -0.0167. The molecule has 1 heterocycles. The molecule has 5 nitrogen and oxygen atoms in total. The third kappa shape index (κ3) is 4.30. The van der Waals surface area contributed by atoms with Crippen molar-refractivity contribution in [1.29, 1.82) is 0 Å². The van der Waals surface area contributed by atoms with E-state index in [0.29, 0.717) is 23.1 Å². The van der Waals surface area contributed by atoms with Gasteiger partial charge in [-0.25, -0.2) is 0 Å². The zero-order valence-corrected chi connectivity index (χ0v) is 19.4. The van der Waals surface area contributed by atoms with Gasteiger partial charge in [0.05, 0.1) is 7.11 Å². The fourth-order valence-electron chi connectivity index (χ4n) is 7.18. The Bertz CT molecular complexity index is 778. The van der Waals surface area contributed by atoms with E-state index in [2.05, 4.69) is 24.1 Å². The van der Waals surface area contributed by atoms with Crippen LogP contribution in [0.3, 0.4) is 0 Å². The molecule has 4 bridgehead atoms. The van der Waals surface area contributed by atoms with Gasteiger partial charge in [0.25, 0.3) is 5.91 Å². The predicted octanol–water partition coefficient (Wildman–Crippen LogP) is 4.65. The molecule has 1 saturated heterocycles. The monoisotopic (exact) mass is 426 g/mol. The van der Waals surface area contributed by atoms with Gasteiger partial charge in [0.15, 0.2) is 11.5 Å². The van der Waals surface area contributed by atoms with Crippen molar-refractivity contribution in [2.45, 2.75) is 82.9 Å². The van der Waals surface area contributed by atoms with Gasteiger partial charge in [0.2, 0.25) is 0 Å². The quantitative estimate of drug-likeness (QED) is 0.720. The van der Waals surface area contributed by atoms with Crippen molar-refractivity contribution in [3.63, 3.8) is 0 Å². The minimum atomic E-state index is 0.0243. The minimum absolute atomic E-state index is 0.0243. The Morgan fingerprint density at radius 3 is 2.19 bits per heavy atom. The maximum atomic E-state index is 13.3. The Labute approximate surface area is 186 Å². The molecule has 0 unspecified atom stereocenters. The number of carbonyl (C=O) groups excluding carboxylic acids is 1. The molecule has 4 saturated carbocycles. The topological polar surface area (TPSA) is 50.8 Å². The third-order valence-electron chi connectivity index (χ3n) is 8.34. The van der Waals surface area contributed by atoms with Crippen LogP contribution in [0.1, 0.15) is 75.6 Å². The van der Waals surface area contributed by atoms with E-state index in [1.807, 2.05) is 18.2 Å². The fraction of sp³-hybridized carbons (Fsp3) is 0.731. The molecule has 1 aliphatic heterocycles. The van der Waals surface area contributed by atoms with E-state index >= 15 is 0 Å². The highest BCUT2D eigenvalue weighted by molar-refractivity contribution is 5.95. The van der Waals surface area contributed by atoms with E-state index in [1.165, 1.54) is 38.5 Å². The molecule has 0 atom stereocenters. The number of methoxy groups -OCH3 is 1. The van der Waals surface area contributed by atoms with Gasteiger partial charge in [-0.3, -0.25) is 4.79 Å². The number of amides is 1. The van der Waals surface area contributed by atoms with Gasteiger partial charge in [-0.05, 0) is 101 Å². The first-order valence-corrected chi connectivity index (χ1v) is 12.3. The number of ether oxygens (including phenoxy) is 2. The third-order valence-corrected chi connectivity index (χ3v) is 8.34. The lowest BCUT2D eigenvalue weighted by Crippen LogP contribution is -2.59. The van der Waals surface area contributed by atoms with Crippen LogP contribution in [0.4, 0.5) is 0 Å². The van der Waals surface area contributed by atoms with Crippen LogP contribution >= 0.6 is 0 Å². The molecular formula is C26H38N2O3. The van der Waals surface area contributed by atoms with Gasteiger partial charge in [0, 0.05) is 30.2 Å². The van der Waals surface area contributed by atoms with Crippen LogP contribution in [0, 0.1) is 17.8 Å². The van der Waals surface area contributed by atoms with E-state index in [1.54, 1.807) is 7.11 Å². The lowest BCUT2D eigenvalue weighted by Gasteiger charge is -2.56. The maximum Gasteiger partial charge on any atom is 0.251 e. The zero-order chi connectivity index (χ0) is 21.6. The molecule has 5 fully saturated rings. The fourth-order valence-corrected chi connectivity index (χ4v) is 7.18. The van der Waals surface area contributed by atoms with Gasteiger partial charge >= 0.3 is 0 Å². The van der Waals surface area contributed by atoms with Crippen LogP contribution in [-0.2, 0) is 0 Å². The first-order chi connectivity index (χ1) is 14.9. The molecule has 170 valence electrons. The zero-order valence-electron chi connectivity index (χ0n) is 19.4. The maximum absolute atomic E-state index is 13.3. The van der Waals surface area contributed by atoms with Crippen LogP contribution in [0.15, 0.2) is 18.2 Å². The Morgan fingerprint density at radius 2 is 1.65 bits per heavy atom.